The lowest BCUT2D eigenvalue weighted by Crippen LogP contribution is -2.23. The first kappa shape index (κ1) is 6.62. The first-order valence-electron chi connectivity index (χ1n) is 4.02. The van der Waals surface area contributed by atoms with Gasteiger partial charge in [-0.1, -0.05) is 13.8 Å². The average Bonchev–Trinajstić information content (AvgIpc) is 2.41. The molecule has 0 spiro atoms. The van der Waals surface area contributed by atoms with Gasteiger partial charge in [-0.15, -0.1) is 0 Å². The molecular formula is C8H14O2. The second-order valence-corrected chi connectivity index (χ2v) is 3.55. The SMILES string of the molecule is CC1COC2C1OC[C@H]2C. The van der Waals surface area contributed by atoms with Crippen molar-refractivity contribution in [3.63, 3.8) is 0 Å². The molecule has 0 bridgehead atoms. The van der Waals surface area contributed by atoms with E-state index >= 15 is 0 Å². The van der Waals surface area contributed by atoms with Gasteiger partial charge in [0, 0.05) is 11.8 Å². The molecule has 2 aliphatic heterocycles. The van der Waals surface area contributed by atoms with Gasteiger partial charge in [0.15, 0.2) is 0 Å². The van der Waals surface area contributed by atoms with E-state index in [4.69, 9.17) is 9.47 Å². The fourth-order valence-electron chi connectivity index (χ4n) is 1.88. The van der Waals surface area contributed by atoms with Gasteiger partial charge in [0.05, 0.1) is 25.4 Å². The van der Waals surface area contributed by atoms with Crippen LogP contribution in [-0.2, 0) is 9.47 Å². The predicted octanol–water partition coefficient (Wildman–Crippen LogP) is 1.06. The fraction of sp³-hybridized carbons (Fsp3) is 1.00. The molecule has 2 fully saturated rings. The molecule has 4 atom stereocenters. The third kappa shape index (κ3) is 0.789. The molecule has 0 aliphatic carbocycles. The minimum atomic E-state index is 0.398. The van der Waals surface area contributed by atoms with Crippen LogP contribution in [0, 0.1) is 11.8 Å². The molecule has 0 aromatic heterocycles. The summed E-state index contributed by atoms with van der Waals surface area (Å²) in [5, 5.41) is 0. The summed E-state index contributed by atoms with van der Waals surface area (Å²) in [7, 11) is 0. The Kier molecular flexibility index (Phi) is 1.46. The summed E-state index contributed by atoms with van der Waals surface area (Å²) in [5.74, 6) is 1.21. The molecule has 2 aliphatic rings. The van der Waals surface area contributed by atoms with E-state index in [-0.39, 0.29) is 0 Å². The molecule has 2 heteroatoms. The second kappa shape index (κ2) is 2.21. The average molecular weight is 142 g/mol. The molecule has 0 aromatic rings. The van der Waals surface area contributed by atoms with Crippen LogP contribution in [0.2, 0.25) is 0 Å². The smallest absolute Gasteiger partial charge is 0.0887 e. The number of hydrogen-bond acceptors (Lipinski definition) is 2. The van der Waals surface area contributed by atoms with Gasteiger partial charge in [0.2, 0.25) is 0 Å². The van der Waals surface area contributed by atoms with Crippen molar-refractivity contribution in [3.05, 3.63) is 0 Å². The number of rotatable bonds is 0. The highest BCUT2D eigenvalue weighted by Crippen LogP contribution is 2.33. The molecule has 2 saturated heterocycles. The third-order valence-electron chi connectivity index (χ3n) is 2.55. The van der Waals surface area contributed by atoms with E-state index < -0.39 is 0 Å². The molecule has 3 unspecified atom stereocenters. The van der Waals surface area contributed by atoms with Crippen LogP contribution in [0.15, 0.2) is 0 Å². The van der Waals surface area contributed by atoms with Gasteiger partial charge in [-0.05, 0) is 0 Å². The summed E-state index contributed by atoms with van der Waals surface area (Å²) in [6.45, 7) is 6.17. The van der Waals surface area contributed by atoms with Gasteiger partial charge in [-0.3, -0.25) is 0 Å². The lowest BCUT2D eigenvalue weighted by molar-refractivity contribution is 0.0627. The summed E-state index contributed by atoms with van der Waals surface area (Å²) < 4.78 is 11.2. The monoisotopic (exact) mass is 142 g/mol. The highest BCUT2D eigenvalue weighted by Gasteiger charge is 2.43. The van der Waals surface area contributed by atoms with Crippen molar-refractivity contribution < 1.29 is 9.47 Å². The van der Waals surface area contributed by atoms with Crippen LogP contribution in [0.5, 0.6) is 0 Å². The molecule has 0 saturated carbocycles. The maximum atomic E-state index is 5.58. The zero-order chi connectivity index (χ0) is 7.14. The maximum Gasteiger partial charge on any atom is 0.0887 e. The first-order chi connectivity index (χ1) is 4.79. The predicted molar refractivity (Wildman–Crippen MR) is 37.8 cm³/mol. The zero-order valence-electron chi connectivity index (χ0n) is 6.54. The van der Waals surface area contributed by atoms with Crippen molar-refractivity contribution in [1.82, 2.24) is 0 Å². The van der Waals surface area contributed by atoms with E-state index in [0.29, 0.717) is 24.0 Å². The number of fused-ring (bicyclic) bond motifs is 1. The lowest BCUT2D eigenvalue weighted by atomic mass is 9.99. The standard InChI is InChI=1S/C8H14O2/c1-5-3-9-8-6(2)4-10-7(5)8/h5-8H,3-4H2,1-2H3/t5-,6?,7?,8?/m1/s1. The zero-order valence-corrected chi connectivity index (χ0v) is 6.54. The summed E-state index contributed by atoms with van der Waals surface area (Å²) in [6, 6.07) is 0. The fourth-order valence-corrected chi connectivity index (χ4v) is 1.88. The van der Waals surface area contributed by atoms with E-state index in [0.717, 1.165) is 13.2 Å². The van der Waals surface area contributed by atoms with E-state index in [1.54, 1.807) is 0 Å². The Bertz CT molecular complexity index is 119. The Hall–Kier alpha value is -0.0800. The van der Waals surface area contributed by atoms with Gasteiger partial charge in [-0.25, -0.2) is 0 Å². The van der Waals surface area contributed by atoms with Crippen LogP contribution in [0.1, 0.15) is 13.8 Å². The molecule has 2 rings (SSSR count). The molecule has 0 amide bonds. The van der Waals surface area contributed by atoms with Gasteiger partial charge >= 0.3 is 0 Å². The highest BCUT2D eigenvalue weighted by molar-refractivity contribution is 4.90. The van der Waals surface area contributed by atoms with E-state index in [9.17, 15) is 0 Å². The molecule has 58 valence electrons. The Morgan fingerprint density at radius 3 is 1.70 bits per heavy atom. The van der Waals surface area contributed by atoms with E-state index in [2.05, 4.69) is 13.8 Å². The van der Waals surface area contributed by atoms with Crippen LogP contribution >= 0.6 is 0 Å². The van der Waals surface area contributed by atoms with E-state index in [1.807, 2.05) is 0 Å². The number of ether oxygens (including phenoxy) is 2. The highest BCUT2D eigenvalue weighted by atomic mass is 16.6. The first-order valence-corrected chi connectivity index (χ1v) is 4.02. The summed E-state index contributed by atoms with van der Waals surface area (Å²) in [4.78, 5) is 0. The van der Waals surface area contributed by atoms with Gasteiger partial charge in [-0.2, -0.15) is 0 Å². The van der Waals surface area contributed by atoms with Crippen LogP contribution in [0.25, 0.3) is 0 Å². The van der Waals surface area contributed by atoms with Crippen molar-refractivity contribution >= 4 is 0 Å². The summed E-state index contributed by atoms with van der Waals surface area (Å²) >= 11 is 0. The van der Waals surface area contributed by atoms with Gasteiger partial charge in [0.25, 0.3) is 0 Å². The van der Waals surface area contributed by atoms with Gasteiger partial charge in [0.1, 0.15) is 0 Å². The molecule has 0 aromatic carbocycles. The Balaban J connectivity index is 2.09. The third-order valence-corrected chi connectivity index (χ3v) is 2.55. The van der Waals surface area contributed by atoms with Crippen molar-refractivity contribution in [2.24, 2.45) is 11.8 Å². The van der Waals surface area contributed by atoms with Crippen molar-refractivity contribution in [3.8, 4) is 0 Å². The Morgan fingerprint density at radius 2 is 1.30 bits per heavy atom. The molecule has 0 radical (unpaired) electrons. The van der Waals surface area contributed by atoms with Gasteiger partial charge < -0.3 is 9.47 Å². The molecule has 2 nitrogen and oxygen atoms in total. The van der Waals surface area contributed by atoms with Crippen molar-refractivity contribution in [1.29, 1.82) is 0 Å². The quantitative estimate of drug-likeness (QED) is 0.503. The van der Waals surface area contributed by atoms with E-state index in [1.165, 1.54) is 0 Å². The largest absolute Gasteiger partial charge is 0.375 e. The molecule has 0 N–H and O–H groups in total. The Morgan fingerprint density at radius 1 is 0.900 bits per heavy atom. The lowest BCUT2D eigenvalue weighted by Gasteiger charge is -2.10. The number of hydrogen-bond donors (Lipinski definition) is 0. The molecular weight excluding hydrogens is 128 g/mol. The second-order valence-electron chi connectivity index (χ2n) is 3.55. The van der Waals surface area contributed by atoms with Crippen LogP contribution in [-0.4, -0.2) is 25.4 Å². The van der Waals surface area contributed by atoms with Crippen molar-refractivity contribution in [2.45, 2.75) is 26.1 Å². The maximum absolute atomic E-state index is 5.58. The summed E-state index contributed by atoms with van der Waals surface area (Å²) in [5.41, 5.74) is 0. The molecule has 2 heterocycles. The molecule has 10 heavy (non-hydrogen) atoms. The minimum Gasteiger partial charge on any atom is -0.375 e. The van der Waals surface area contributed by atoms with Crippen molar-refractivity contribution in [2.75, 3.05) is 13.2 Å². The minimum absolute atomic E-state index is 0.398. The van der Waals surface area contributed by atoms with Crippen LogP contribution in [0.3, 0.4) is 0 Å². The topological polar surface area (TPSA) is 18.5 Å². The summed E-state index contributed by atoms with van der Waals surface area (Å²) in [6.07, 6.45) is 0.796. The van der Waals surface area contributed by atoms with Crippen LogP contribution < -0.4 is 0 Å². The Labute approximate surface area is 61.5 Å². The van der Waals surface area contributed by atoms with Crippen LogP contribution in [0.4, 0.5) is 0 Å². The normalized spacial score (nSPS) is 53.4.